The standard InChI is InChI=1S/C16H22N2O2/c1-12(18(2)11-14-10-17-7-8-19-14)16-9-13-5-3-4-6-15(13)20-16/h3-6,9,12,14,17H,7-8,10-11H2,1-2H3. The Balaban J connectivity index is 1.68. The highest BCUT2D eigenvalue weighted by Crippen LogP contribution is 2.26. The van der Waals surface area contributed by atoms with Crippen LogP contribution in [0.1, 0.15) is 18.7 Å². The minimum Gasteiger partial charge on any atom is -0.459 e. The SMILES string of the molecule is CC(c1cc2ccccc2o1)N(C)CC1CNCCO1. The number of benzene rings is 1. The summed E-state index contributed by atoms with van der Waals surface area (Å²) in [6.45, 7) is 5.77. The van der Waals surface area contributed by atoms with Gasteiger partial charge < -0.3 is 14.5 Å². The second-order valence-corrected chi connectivity index (χ2v) is 5.50. The van der Waals surface area contributed by atoms with Crippen LogP contribution in [0.3, 0.4) is 0 Å². The maximum atomic E-state index is 5.94. The number of nitrogens with zero attached hydrogens (tertiary/aromatic N) is 1. The molecule has 4 heteroatoms. The van der Waals surface area contributed by atoms with Gasteiger partial charge in [-0.15, -0.1) is 0 Å². The maximum Gasteiger partial charge on any atom is 0.134 e. The van der Waals surface area contributed by atoms with Crippen LogP contribution in [0, 0.1) is 0 Å². The van der Waals surface area contributed by atoms with Crippen molar-refractivity contribution in [2.24, 2.45) is 0 Å². The average Bonchev–Trinajstić information content (AvgIpc) is 2.91. The number of likely N-dealkylation sites (N-methyl/N-ethyl adjacent to an activating group) is 1. The fourth-order valence-corrected chi connectivity index (χ4v) is 2.64. The zero-order valence-corrected chi connectivity index (χ0v) is 12.1. The third-order valence-corrected chi connectivity index (χ3v) is 4.01. The van der Waals surface area contributed by atoms with Gasteiger partial charge in [0.25, 0.3) is 0 Å². The number of ether oxygens (including phenoxy) is 1. The molecule has 2 atom stereocenters. The number of para-hydroxylation sites is 1. The summed E-state index contributed by atoms with van der Waals surface area (Å²) < 4.78 is 11.7. The van der Waals surface area contributed by atoms with Gasteiger partial charge in [0.2, 0.25) is 0 Å². The molecule has 0 aliphatic carbocycles. The van der Waals surface area contributed by atoms with E-state index in [0.29, 0.717) is 0 Å². The van der Waals surface area contributed by atoms with Crippen LogP contribution in [0.25, 0.3) is 11.0 Å². The van der Waals surface area contributed by atoms with E-state index in [1.165, 1.54) is 5.39 Å². The predicted octanol–water partition coefficient (Wildman–Crippen LogP) is 2.41. The van der Waals surface area contributed by atoms with Crippen LogP contribution in [-0.2, 0) is 4.74 Å². The lowest BCUT2D eigenvalue weighted by atomic mass is 10.2. The molecular formula is C16H22N2O2. The van der Waals surface area contributed by atoms with Crippen molar-refractivity contribution in [2.75, 3.05) is 33.3 Å². The Bertz CT molecular complexity index is 527. The quantitative estimate of drug-likeness (QED) is 0.929. The molecule has 2 heterocycles. The molecule has 4 nitrogen and oxygen atoms in total. The smallest absolute Gasteiger partial charge is 0.134 e. The van der Waals surface area contributed by atoms with Gasteiger partial charge in [-0.1, -0.05) is 18.2 Å². The van der Waals surface area contributed by atoms with E-state index in [2.05, 4.69) is 36.3 Å². The molecule has 2 unspecified atom stereocenters. The van der Waals surface area contributed by atoms with Crippen molar-refractivity contribution in [2.45, 2.75) is 19.1 Å². The molecule has 1 aliphatic rings. The summed E-state index contributed by atoms with van der Waals surface area (Å²) in [6.07, 6.45) is 0.264. The molecule has 2 aromatic rings. The van der Waals surface area contributed by atoms with E-state index in [1.807, 2.05) is 18.2 Å². The monoisotopic (exact) mass is 274 g/mol. The van der Waals surface area contributed by atoms with Crippen molar-refractivity contribution < 1.29 is 9.15 Å². The number of furan rings is 1. The molecule has 108 valence electrons. The number of nitrogens with one attached hydrogen (secondary N) is 1. The minimum absolute atomic E-state index is 0.243. The third kappa shape index (κ3) is 2.87. The summed E-state index contributed by atoms with van der Waals surface area (Å²) in [4.78, 5) is 2.29. The Labute approximate surface area is 119 Å². The van der Waals surface area contributed by atoms with Crippen LogP contribution in [0.4, 0.5) is 0 Å². The average molecular weight is 274 g/mol. The number of rotatable bonds is 4. The van der Waals surface area contributed by atoms with Gasteiger partial charge in [-0.05, 0) is 26.1 Å². The van der Waals surface area contributed by atoms with Gasteiger partial charge in [0.15, 0.2) is 0 Å². The highest BCUT2D eigenvalue weighted by atomic mass is 16.5. The highest BCUT2D eigenvalue weighted by molar-refractivity contribution is 5.77. The number of hydrogen-bond donors (Lipinski definition) is 1. The zero-order valence-electron chi connectivity index (χ0n) is 12.1. The summed E-state index contributed by atoms with van der Waals surface area (Å²) in [7, 11) is 2.12. The van der Waals surface area contributed by atoms with E-state index in [1.54, 1.807) is 0 Å². The topological polar surface area (TPSA) is 37.6 Å². The van der Waals surface area contributed by atoms with E-state index in [4.69, 9.17) is 9.15 Å². The first-order valence-corrected chi connectivity index (χ1v) is 7.25. The van der Waals surface area contributed by atoms with Gasteiger partial charge in [0.05, 0.1) is 18.8 Å². The molecule has 0 spiro atoms. The van der Waals surface area contributed by atoms with Gasteiger partial charge in [0.1, 0.15) is 11.3 Å². The Hall–Kier alpha value is -1.36. The second-order valence-electron chi connectivity index (χ2n) is 5.50. The minimum atomic E-state index is 0.243. The Kier molecular flexibility index (Phi) is 4.05. The molecule has 1 aromatic heterocycles. The van der Waals surface area contributed by atoms with Crippen molar-refractivity contribution in [3.63, 3.8) is 0 Å². The van der Waals surface area contributed by atoms with Crippen LogP contribution < -0.4 is 5.32 Å². The molecule has 1 saturated heterocycles. The Morgan fingerprint density at radius 3 is 3.00 bits per heavy atom. The van der Waals surface area contributed by atoms with Gasteiger partial charge >= 0.3 is 0 Å². The third-order valence-electron chi connectivity index (χ3n) is 4.01. The fourth-order valence-electron chi connectivity index (χ4n) is 2.64. The fraction of sp³-hybridized carbons (Fsp3) is 0.500. The first-order valence-electron chi connectivity index (χ1n) is 7.25. The molecule has 0 radical (unpaired) electrons. The first kappa shape index (κ1) is 13.6. The summed E-state index contributed by atoms with van der Waals surface area (Å²) in [5.41, 5.74) is 0.957. The van der Waals surface area contributed by atoms with Crippen LogP contribution in [-0.4, -0.2) is 44.3 Å². The normalized spacial score (nSPS) is 21.4. The van der Waals surface area contributed by atoms with Gasteiger partial charge in [0, 0.05) is 25.0 Å². The lowest BCUT2D eigenvalue weighted by Gasteiger charge is -2.30. The largest absolute Gasteiger partial charge is 0.459 e. The summed E-state index contributed by atoms with van der Waals surface area (Å²) >= 11 is 0. The molecule has 1 aliphatic heterocycles. The molecule has 20 heavy (non-hydrogen) atoms. The van der Waals surface area contributed by atoms with E-state index in [0.717, 1.165) is 37.6 Å². The zero-order chi connectivity index (χ0) is 13.9. The molecule has 1 N–H and O–H groups in total. The second kappa shape index (κ2) is 5.95. The summed E-state index contributed by atoms with van der Waals surface area (Å²) in [6, 6.07) is 10.5. The van der Waals surface area contributed by atoms with E-state index >= 15 is 0 Å². The van der Waals surface area contributed by atoms with Gasteiger partial charge in [-0.3, -0.25) is 4.90 Å². The van der Waals surface area contributed by atoms with Crippen molar-refractivity contribution in [3.8, 4) is 0 Å². The van der Waals surface area contributed by atoms with Crippen LogP contribution in [0.15, 0.2) is 34.7 Å². The van der Waals surface area contributed by atoms with Crippen LogP contribution >= 0.6 is 0 Å². The van der Waals surface area contributed by atoms with Crippen molar-refractivity contribution in [1.29, 1.82) is 0 Å². The number of hydrogen-bond acceptors (Lipinski definition) is 4. The first-order chi connectivity index (χ1) is 9.74. The molecule has 0 saturated carbocycles. The van der Waals surface area contributed by atoms with E-state index in [-0.39, 0.29) is 12.1 Å². The molecular weight excluding hydrogens is 252 g/mol. The van der Waals surface area contributed by atoms with Crippen molar-refractivity contribution >= 4 is 11.0 Å². The molecule has 1 fully saturated rings. The molecule has 3 rings (SSSR count). The molecule has 1 aromatic carbocycles. The van der Waals surface area contributed by atoms with Crippen molar-refractivity contribution in [1.82, 2.24) is 10.2 Å². The summed E-state index contributed by atoms with van der Waals surface area (Å²) in [5, 5.41) is 4.53. The molecule has 0 amide bonds. The number of morpholine rings is 1. The van der Waals surface area contributed by atoms with E-state index < -0.39 is 0 Å². The maximum absolute atomic E-state index is 5.94. The lowest BCUT2D eigenvalue weighted by Crippen LogP contribution is -2.44. The lowest BCUT2D eigenvalue weighted by molar-refractivity contribution is 0.00258. The Morgan fingerprint density at radius 2 is 2.25 bits per heavy atom. The van der Waals surface area contributed by atoms with Gasteiger partial charge in [-0.2, -0.15) is 0 Å². The molecule has 0 bridgehead atoms. The summed E-state index contributed by atoms with van der Waals surface area (Å²) in [5.74, 6) is 1.01. The van der Waals surface area contributed by atoms with Gasteiger partial charge in [-0.25, -0.2) is 0 Å². The number of fused-ring (bicyclic) bond motifs is 1. The van der Waals surface area contributed by atoms with Crippen LogP contribution in [0.5, 0.6) is 0 Å². The van der Waals surface area contributed by atoms with E-state index in [9.17, 15) is 0 Å². The van der Waals surface area contributed by atoms with Crippen LogP contribution in [0.2, 0.25) is 0 Å². The highest BCUT2D eigenvalue weighted by Gasteiger charge is 2.21. The Morgan fingerprint density at radius 1 is 1.40 bits per heavy atom. The van der Waals surface area contributed by atoms with Crippen molar-refractivity contribution in [3.05, 3.63) is 36.1 Å². The predicted molar refractivity (Wildman–Crippen MR) is 79.9 cm³/mol.